The second kappa shape index (κ2) is 5.60. The van der Waals surface area contributed by atoms with Gasteiger partial charge in [0.1, 0.15) is 6.10 Å². The quantitative estimate of drug-likeness (QED) is 0.850. The third-order valence-corrected chi connectivity index (χ3v) is 3.32. The molecule has 3 atom stereocenters. The van der Waals surface area contributed by atoms with Crippen molar-refractivity contribution in [3.8, 4) is 0 Å². The summed E-state index contributed by atoms with van der Waals surface area (Å²) in [5, 5.41) is 7.39. The number of hydrogen-bond donors (Lipinski definition) is 1. The minimum Gasteiger partial charge on any atom is -0.370 e. The largest absolute Gasteiger partial charge is 0.370 e. The van der Waals surface area contributed by atoms with E-state index in [-0.39, 0.29) is 6.10 Å². The number of nitrogens with one attached hydrogen (secondary N) is 1. The Bertz CT molecular complexity index is 353. The van der Waals surface area contributed by atoms with Crippen LogP contribution in [0.25, 0.3) is 0 Å². The van der Waals surface area contributed by atoms with Crippen molar-refractivity contribution in [3.05, 3.63) is 11.7 Å². The maximum absolute atomic E-state index is 5.58. The molecule has 1 N–H and O–H groups in total. The molecule has 1 aromatic heterocycles. The van der Waals surface area contributed by atoms with Gasteiger partial charge in [0.15, 0.2) is 0 Å². The van der Waals surface area contributed by atoms with Gasteiger partial charge in [-0.05, 0) is 25.8 Å². The first-order valence-electron chi connectivity index (χ1n) is 6.42. The van der Waals surface area contributed by atoms with E-state index in [1.807, 2.05) is 6.92 Å². The zero-order valence-corrected chi connectivity index (χ0v) is 10.8. The van der Waals surface area contributed by atoms with E-state index < -0.39 is 0 Å². The summed E-state index contributed by atoms with van der Waals surface area (Å²) in [4.78, 5) is 4.49. The van der Waals surface area contributed by atoms with Crippen LogP contribution < -0.4 is 5.32 Å². The highest BCUT2D eigenvalue weighted by atomic mass is 16.5. The van der Waals surface area contributed by atoms with Crippen LogP contribution in [0.15, 0.2) is 4.52 Å². The average Bonchev–Trinajstić information content (AvgIpc) is 2.94. The van der Waals surface area contributed by atoms with Crippen molar-refractivity contribution in [2.24, 2.45) is 5.92 Å². The number of nitrogens with zero attached hydrogens (tertiary/aromatic N) is 2. The number of ether oxygens (including phenoxy) is 1. The molecule has 0 saturated carbocycles. The van der Waals surface area contributed by atoms with Gasteiger partial charge in [0, 0.05) is 13.2 Å². The van der Waals surface area contributed by atoms with Crippen molar-refractivity contribution >= 4 is 0 Å². The summed E-state index contributed by atoms with van der Waals surface area (Å²) in [6.07, 6.45) is 0.827. The Kier molecular flexibility index (Phi) is 4.12. The van der Waals surface area contributed by atoms with E-state index in [2.05, 4.69) is 29.3 Å². The summed E-state index contributed by atoms with van der Waals surface area (Å²) in [6, 6.07) is 0. The van der Waals surface area contributed by atoms with Crippen LogP contribution in [-0.4, -0.2) is 29.8 Å². The number of rotatable bonds is 5. The van der Waals surface area contributed by atoms with Gasteiger partial charge in [-0.3, -0.25) is 0 Å². The van der Waals surface area contributed by atoms with Crippen molar-refractivity contribution < 1.29 is 9.26 Å². The SMILES string of the molecule is CCOC(CC)c1noc([C@@H]2CNC[C@H]2C)n1. The fraction of sp³-hybridized carbons (Fsp3) is 0.833. The Balaban J connectivity index is 2.09. The van der Waals surface area contributed by atoms with Gasteiger partial charge in [-0.15, -0.1) is 0 Å². The fourth-order valence-corrected chi connectivity index (χ4v) is 2.25. The molecule has 1 aromatic rings. The molecule has 17 heavy (non-hydrogen) atoms. The topological polar surface area (TPSA) is 60.2 Å². The highest BCUT2D eigenvalue weighted by Crippen LogP contribution is 2.28. The molecule has 5 heteroatoms. The normalized spacial score (nSPS) is 26.3. The Hall–Kier alpha value is -0.940. The van der Waals surface area contributed by atoms with E-state index in [9.17, 15) is 0 Å². The number of aromatic nitrogens is 2. The Morgan fingerprint density at radius 2 is 2.29 bits per heavy atom. The van der Waals surface area contributed by atoms with Gasteiger partial charge in [-0.2, -0.15) is 4.98 Å². The zero-order chi connectivity index (χ0) is 12.3. The van der Waals surface area contributed by atoms with Gasteiger partial charge < -0.3 is 14.6 Å². The van der Waals surface area contributed by atoms with Crippen LogP contribution in [-0.2, 0) is 4.74 Å². The Morgan fingerprint density at radius 1 is 1.47 bits per heavy atom. The Labute approximate surface area is 102 Å². The van der Waals surface area contributed by atoms with Gasteiger partial charge in [0.25, 0.3) is 0 Å². The fourth-order valence-electron chi connectivity index (χ4n) is 2.25. The van der Waals surface area contributed by atoms with Crippen LogP contribution in [0.3, 0.4) is 0 Å². The molecule has 2 rings (SSSR count). The van der Waals surface area contributed by atoms with Gasteiger partial charge in [0.05, 0.1) is 5.92 Å². The molecule has 0 bridgehead atoms. The standard InChI is InChI=1S/C12H21N3O2/c1-4-10(16-5-2)11-14-12(17-15-11)9-7-13-6-8(9)3/h8-10,13H,4-7H2,1-3H3/t8-,9-,10?/m1/s1. The highest BCUT2D eigenvalue weighted by molar-refractivity contribution is 5.02. The lowest BCUT2D eigenvalue weighted by Crippen LogP contribution is -2.09. The maximum atomic E-state index is 5.58. The molecule has 5 nitrogen and oxygen atoms in total. The molecular weight excluding hydrogens is 218 g/mol. The van der Waals surface area contributed by atoms with Crippen LogP contribution in [0.1, 0.15) is 50.9 Å². The van der Waals surface area contributed by atoms with E-state index >= 15 is 0 Å². The van der Waals surface area contributed by atoms with Gasteiger partial charge >= 0.3 is 0 Å². The first-order chi connectivity index (χ1) is 8.26. The molecular formula is C12H21N3O2. The van der Waals surface area contributed by atoms with Crippen LogP contribution in [0.5, 0.6) is 0 Å². The smallest absolute Gasteiger partial charge is 0.231 e. The lowest BCUT2D eigenvalue weighted by molar-refractivity contribution is 0.0518. The summed E-state index contributed by atoms with van der Waals surface area (Å²) < 4.78 is 10.9. The first kappa shape index (κ1) is 12.5. The molecule has 0 aliphatic carbocycles. The van der Waals surface area contributed by atoms with Crippen molar-refractivity contribution in [2.45, 2.75) is 39.2 Å². The molecule has 1 aliphatic rings. The molecule has 0 aromatic carbocycles. The Morgan fingerprint density at radius 3 is 2.88 bits per heavy atom. The van der Waals surface area contributed by atoms with Crippen molar-refractivity contribution in [2.75, 3.05) is 19.7 Å². The summed E-state index contributed by atoms with van der Waals surface area (Å²) in [5.74, 6) is 2.32. The van der Waals surface area contributed by atoms with Gasteiger partial charge in [0.2, 0.25) is 11.7 Å². The van der Waals surface area contributed by atoms with Crippen molar-refractivity contribution in [1.29, 1.82) is 0 Å². The summed E-state index contributed by atoms with van der Waals surface area (Å²) >= 11 is 0. The summed E-state index contributed by atoms with van der Waals surface area (Å²) in [6.45, 7) is 8.86. The predicted molar refractivity (Wildman–Crippen MR) is 63.7 cm³/mol. The lowest BCUT2D eigenvalue weighted by atomic mass is 9.98. The zero-order valence-electron chi connectivity index (χ0n) is 10.8. The molecule has 0 radical (unpaired) electrons. The minimum atomic E-state index is -0.0397. The lowest BCUT2D eigenvalue weighted by Gasteiger charge is -2.10. The van der Waals surface area contributed by atoms with Gasteiger partial charge in [-0.1, -0.05) is 19.0 Å². The van der Waals surface area contributed by atoms with E-state index in [1.54, 1.807) is 0 Å². The van der Waals surface area contributed by atoms with Crippen LogP contribution in [0.2, 0.25) is 0 Å². The summed E-state index contributed by atoms with van der Waals surface area (Å²) in [5.41, 5.74) is 0. The molecule has 1 saturated heterocycles. The van der Waals surface area contributed by atoms with E-state index in [0.717, 1.165) is 25.4 Å². The second-order valence-electron chi connectivity index (χ2n) is 4.59. The maximum Gasteiger partial charge on any atom is 0.231 e. The summed E-state index contributed by atoms with van der Waals surface area (Å²) in [7, 11) is 0. The second-order valence-corrected chi connectivity index (χ2v) is 4.59. The average molecular weight is 239 g/mol. The molecule has 0 amide bonds. The number of hydrogen-bond acceptors (Lipinski definition) is 5. The third kappa shape index (κ3) is 2.66. The monoisotopic (exact) mass is 239 g/mol. The van der Waals surface area contributed by atoms with Crippen molar-refractivity contribution in [3.63, 3.8) is 0 Å². The van der Waals surface area contributed by atoms with Crippen molar-refractivity contribution in [1.82, 2.24) is 15.5 Å². The molecule has 0 spiro atoms. The van der Waals surface area contributed by atoms with E-state index in [4.69, 9.17) is 9.26 Å². The molecule has 2 heterocycles. The van der Waals surface area contributed by atoms with Gasteiger partial charge in [-0.25, -0.2) is 0 Å². The van der Waals surface area contributed by atoms with Crippen LogP contribution >= 0.6 is 0 Å². The molecule has 1 fully saturated rings. The highest BCUT2D eigenvalue weighted by Gasteiger charge is 2.30. The molecule has 1 aliphatic heterocycles. The minimum absolute atomic E-state index is 0.0397. The van der Waals surface area contributed by atoms with E-state index in [0.29, 0.717) is 24.3 Å². The third-order valence-electron chi connectivity index (χ3n) is 3.32. The first-order valence-corrected chi connectivity index (χ1v) is 6.42. The van der Waals surface area contributed by atoms with Crippen LogP contribution in [0, 0.1) is 5.92 Å². The van der Waals surface area contributed by atoms with E-state index in [1.165, 1.54) is 0 Å². The molecule has 96 valence electrons. The van der Waals surface area contributed by atoms with Crippen LogP contribution in [0.4, 0.5) is 0 Å². The molecule has 1 unspecified atom stereocenters. The predicted octanol–water partition coefficient (Wildman–Crippen LogP) is 1.88.